The molecule has 2 aromatic carbocycles. The Morgan fingerprint density at radius 3 is 2.46 bits per heavy atom. The van der Waals surface area contributed by atoms with Crippen LogP contribution in [0, 0.1) is 6.92 Å². The summed E-state index contributed by atoms with van der Waals surface area (Å²) in [5, 5.41) is 12.4. The third-order valence-electron chi connectivity index (χ3n) is 5.24. The molecular weight excluding hydrogens is 442 g/mol. The molecule has 0 fully saturated rings. The summed E-state index contributed by atoms with van der Waals surface area (Å²) in [7, 11) is 1.82. The van der Waals surface area contributed by atoms with E-state index in [4.69, 9.17) is 4.74 Å². The molecule has 3 rings (SSSR count). The standard InChI is InChI=1S/C25H29N3O4.C3H6/c1-16(2)32-22(25(30)31)13-18-11-10-17(3)20(12-18)14-27-24(29)21-15-26-23(28(21)4)19-8-6-5-7-9-19;1-3-2/h5-12,15-16,22H,13-14H2,1-4H3,(H,27,29)(H,30,31);3H,1H2,2H3. The zero-order valence-electron chi connectivity index (χ0n) is 21.1. The Hall–Kier alpha value is -3.71. The summed E-state index contributed by atoms with van der Waals surface area (Å²) in [5.41, 5.74) is 4.19. The molecule has 7 nitrogen and oxygen atoms in total. The van der Waals surface area contributed by atoms with Crippen molar-refractivity contribution < 1.29 is 19.4 Å². The molecule has 0 bridgehead atoms. The Balaban J connectivity index is 0.00000137. The molecule has 186 valence electrons. The van der Waals surface area contributed by atoms with Crippen molar-refractivity contribution in [3.05, 3.63) is 89.8 Å². The lowest BCUT2D eigenvalue weighted by molar-refractivity contribution is -0.153. The van der Waals surface area contributed by atoms with Crippen molar-refractivity contribution in [3.63, 3.8) is 0 Å². The van der Waals surface area contributed by atoms with Gasteiger partial charge in [-0.2, -0.15) is 0 Å². The monoisotopic (exact) mass is 477 g/mol. The lowest BCUT2D eigenvalue weighted by Gasteiger charge is -2.17. The maximum Gasteiger partial charge on any atom is 0.333 e. The van der Waals surface area contributed by atoms with Crippen molar-refractivity contribution in [3.8, 4) is 11.4 Å². The van der Waals surface area contributed by atoms with Crippen molar-refractivity contribution in [2.24, 2.45) is 7.05 Å². The number of benzene rings is 2. The zero-order valence-corrected chi connectivity index (χ0v) is 21.1. The number of aryl methyl sites for hydroxylation is 1. The van der Waals surface area contributed by atoms with E-state index in [2.05, 4.69) is 16.9 Å². The molecule has 0 aliphatic carbocycles. The number of carboxylic acids is 1. The number of carbonyl (C=O) groups excluding carboxylic acids is 1. The Morgan fingerprint density at radius 2 is 1.86 bits per heavy atom. The second kappa shape index (κ2) is 13.2. The number of hydrogen-bond donors (Lipinski definition) is 2. The van der Waals surface area contributed by atoms with E-state index in [0.29, 0.717) is 12.2 Å². The first-order valence-corrected chi connectivity index (χ1v) is 11.6. The summed E-state index contributed by atoms with van der Waals surface area (Å²) in [4.78, 5) is 28.7. The Kier molecular flexibility index (Phi) is 10.4. The third-order valence-corrected chi connectivity index (χ3v) is 5.24. The van der Waals surface area contributed by atoms with Gasteiger partial charge in [-0.25, -0.2) is 9.78 Å². The van der Waals surface area contributed by atoms with Crippen LogP contribution in [-0.4, -0.2) is 38.7 Å². The van der Waals surface area contributed by atoms with E-state index in [1.807, 2.05) is 83.3 Å². The normalized spacial score (nSPS) is 11.4. The SMILES string of the molecule is C=CC.Cc1ccc(CC(OC(C)C)C(=O)O)cc1CNC(=O)c1cnc(-c2ccccc2)n1C. The van der Waals surface area contributed by atoms with Crippen molar-refractivity contribution in [1.29, 1.82) is 0 Å². The van der Waals surface area contributed by atoms with Crippen LogP contribution in [0.2, 0.25) is 0 Å². The van der Waals surface area contributed by atoms with Gasteiger partial charge in [0.1, 0.15) is 11.5 Å². The first-order valence-electron chi connectivity index (χ1n) is 11.6. The molecule has 1 aromatic heterocycles. The lowest BCUT2D eigenvalue weighted by atomic mass is 10.0. The molecule has 1 atom stereocenters. The number of allylic oxidation sites excluding steroid dienone is 1. The molecule has 1 unspecified atom stereocenters. The Labute approximate surface area is 207 Å². The average Bonchev–Trinajstić information content (AvgIpc) is 3.20. The van der Waals surface area contributed by atoms with Crippen LogP contribution in [0.15, 0.2) is 67.4 Å². The topological polar surface area (TPSA) is 93.4 Å². The minimum absolute atomic E-state index is 0.181. The molecule has 7 heteroatoms. The quantitative estimate of drug-likeness (QED) is 0.426. The molecular formula is C28H35N3O4. The summed E-state index contributed by atoms with van der Waals surface area (Å²) in [6, 6.07) is 15.5. The van der Waals surface area contributed by atoms with Crippen LogP contribution in [-0.2, 0) is 29.5 Å². The molecule has 0 radical (unpaired) electrons. The molecule has 1 heterocycles. The smallest absolute Gasteiger partial charge is 0.333 e. The van der Waals surface area contributed by atoms with Crippen LogP contribution in [0.5, 0.6) is 0 Å². The van der Waals surface area contributed by atoms with E-state index in [-0.39, 0.29) is 18.4 Å². The van der Waals surface area contributed by atoms with Gasteiger partial charge in [-0.05, 0) is 44.4 Å². The summed E-state index contributed by atoms with van der Waals surface area (Å²) in [5.74, 6) is -0.489. The number of carbonyl (C=O) groups is 2. The average molecular weight is 478 g/mol. The first kappa shape index (κ1) is 27.5. The number of aliphatic carboxylic acids is 1. The molecule has 3 aromatic rings. The third kappa shape index (κ3) is 7.93. The van der Waals surface area contributed by atoms with Crippen molar-refractivity contribution in [1.82, 2.24) is 14.9 Å². The number of nitrogens with zero attached hydrogens (tertiary/aromatic N) is 2. The second-order valence-electron chi connectivity index (χ2n) is 8.46. The molecule has 35 heavy (non-hydrogen) atoms. The number of hydrogen-bond acceptors (Lipinski definition) is 4. The van der Waals surface area contributed by atoms with Crippen LogP contribution in [0.4, 0.5) is 0 Å². The van der Waals surface area contributed by atoms with E-state index in [1.54, 1.807) is 16.8 Å². The second-order valence-corrected chi connectivity index (χ2v) is 8.46. The molecule has 0 saturated heterocycles. The van der Waals surface area contributed by atoms with Gasteiger partial charge in [0, 0.05) is 25.6 Å². The molecule has 0 aliphatic rings. The number of carboxylic acid groups (broad SMARTS) is 1. The van der Waals surface area contributed by atoms with E-state index in [0.717, 1.165) is 28.1 Å². The van der Waals surface area contributed by atoms with Gasteiger partial charge in [0.25, 0.3) is 5.91 Å². The number of ether oxygens (including phenoxy) is 1. The fourth-order valence-corrected chi connectivity index (χ4v) is 3.52. The molecule has 2 N–H and O–H groups in total. The van der Waals surface area contributed by atoms with Gasteiger partial charge in [0.05, 0.1) is 12.3 Å². The van der Waals surface area contributed by atoms with Crippen LogP contribution in [0.3, 0.4) is 0 Å². The number of aromatic nitrogens is 2. The summed E-state index contributed by atoms with van der Waals surface area (Å²) in [6.45, 7) is 11.2. The minimum atomic E-state index is -0.987. The maximum atomic E-state index is 12.8. The van der Waals surface area contributed by atoms with Gasteiger partial charge in [0.15, 0.2) is 6.10 Å². The number of amides is 1. The van der Waals surface area contributed by atoms with Crippen LogP contribution < -0.4 is 5.32 Å². The van der Waals surface area contributed by atoms with E-state index < -0.39 is 12.1 Å². The molecule has 1 amide bonds. The van der Waals surface area contributed by atoms with Gasteiger partial charge in [0.2, 0.25) is 0 Å². The Morgan fingerprint density at radius 1 is 1.20 bits per heavy atom. The van der Waals surface area contributed by atoms with Crippen molar-refractivity contribution >= 4 is 11.9 Å². The largest absolute Gasteiger partial charge is 0.479 e. The Bertz CT molecular complexity index is 1140. The highest BCUT2D eigenvalue weighted by Gasteiger charge is 2.21. The fraction of sp³-hybridized carbons (Fsp3) is 0.321. The van der Waals surface area contributed by atoms with Crippen molar-refractivity contribution in [2.45, 2.75) is 52.9 Å². The number of rotatable bonds is 9. The van der Waals surface area contributed by atoms with Crippen LogP contribution in [0.1, 0.15) is 48.0 Å². The highest BCUT2D eigenvalue weighted by atomic mass is 16.5. The van der Waals surface area contributed by atoms with Crippen LogP contribution >= 0.6 is 0 Å². The van der Waals surface area contributed by atoms with Gasteiger partial charge in [-0.1, -0.05) is 54.6 Å². The number of imidazole rings is 1. The van der Waals surface area contributed by atoms with E-state index in [1.165, 1.54) is 0 Å². The highest BCUT2D eigenvalue weighted by molar-refractivity contribution is 5.93. The summed E-state index contributed by atoms with van der Waals surface area (Å²) in [6.07, 6.45) is 2.49. The van der Waals surface area contributed by atoms with Gasteiger partial charge in [-0.15, -0.1) is 6.58 Å². The molecule has 0 aliphatic heterocycles. The lowest BCUT2D eigenvalue weighted by Crippen LogP contribution is -2.29. The minimum Gasteiger partial charge on any atom is -0.479 e. The zero-order chi connectivity index (χ0) is 26.0. The molecule has 0 saturated carbocycles. The summed E-state index contributed by atoms with van der Waals surface area (Å²) >= 11 is 0. The predicted octanol–water partition coefficient (Wildman–Crippen LogP) is 4.94. The maximum absolute atomic E-state index is 12.8. The van der Waals surface area contributed by atoms with Crippen molar-refractivity contribution in [2.75, 3.05) is 0 Å². The first-order chi connectivity index (χ1) is 16.7. The number of nitrogens with one attached hydrogen (secondary N) is 1. The fourth-order valence-electron chi connectivity index (χ4n) is 3.52. The van der Waals surface area contributed by atoms with E-state index in [9.17, 15) is 14.7 Å². The highest BCUT2D eigenvalue weighted by Crippen LogP contribution is 2.19. The van der Waals surface area contributed by atoms with Gasteiger partial charge < -0.3 is 19.7 Å². The van der Waals surface area contributed by atoms with E-state index >= 15 is 0 Å². The summed E-state index contributed by atoms with van der Waals surface area (Å²) < 4.78 is 7.29. The van der Waals surface area contributed by atoms with Crippen LogP contribution in [0.25, 0.3) is 11.4 Å². The van der Waals surface area contributed by atoms with Gasteiger partial charge in [-0.3, -0.25) is 4.79 Å². The molecule has 0 spiro atoms. The predicted molar refractivity (Wildman–Crippen MR) is 138 cm³/mol. The van der Waals surface area contributed by atoms with Gasteiger partial charge >= 0.3 is 5.97 Å².